The summed E-state index contributed by atoms with van der Waals surface area (Å²) in [5.41, 5.74) is 1.34. The van der Waals surface area contributed by atoms with E-state index in [0.717, 1.165) is 17.7 Å². The van der Waals surface area contributed by atoms with Crippen LogP contribution in [0.25, 0.3) is 11.3 Å². The number of thiazole rings is 1. The Balaban J connectivity index is 1.52. The molecule has 1 heterocycles. The van der Waals surface area contributed by atoms with E-state index in [9.17, 15) is 22.0 Å². The zero-order valence-electron chi connectivity index (χ0n) is 14.6. The van der Waals surface area contributed by atoms with Gasteiger partial charge in [-0.05, 0) is 55.0 Å². The number of carbonyl (C=O) groups is 1. The highest BCUT2D eigenvalue weighted by Gasteiger charge is 2.15. The lowest BCUT2D eigenvalue weighted by molar-refractivity contribution is -0.116. The molecule has 1 aromatic heterocycles. The Morgan fingerprint density at radius 2 is 1.61 bits per heavy atom. The smallest absolute Gasteiger partial charge is 0.226 e. The van der Waals surface area contributed by atoms with Crippen molar-refractivity contribution in [1.29, 1.82) is 0 Å². The lowest BCUT2D eigenvalue weighted by atomic mass is 10.2. The number of benzene rings is 2. The van der Waals surface area contributed by atoms with Gasteiger partial charge in [0.25, 0.3) is 0 Å². The Morgan fingerprint density at radius 3 is 2.25 bits per heavy atom. The monoisotopic (exact) mass is 422 g/mol. The van der Waals surface area contributed by atoms with Gasteiger partial charge in [-0.2, -0.15) is 0 Å². The first kappa shape index (κ1) is 20.1. The van der Waals surface area contributed by atoms with E-state index >= 15 is 0 Å². The number of hydrogen-bond acceptors (Lipinski definition) is 5. The van der Waals surface area contributed by atoms with Crippen molar-refractivity contribution in [1.82, 2.24) is 4.98 Å². The molecule has 0 unspecified atom stereocenters. The molecule has 0 aliphatic carbocycles. The molecule has 1 amide bonds. The van der Waals surface area contributed by atoms with Crippen LogP contribution in [0.2, 0.25) is 0 Å². The molecule has 9 heteroatoms. The van der Waals surface area contributed by atoms with Crippen molar-refractivity contribution in [2.75, 3.05) is 11.1 Å². The fourth-order valence-corrected chi connectivity index (χ4v) is 4.50. The molecule has 0 aliphatic heterocycles. The summed E-state index contributed by atoms with van der Waals surface area (Å²) in [6, 6.07) is 10.4. The zero-order valence-corrected chi connectivity index (χ0v) is 16.2. The topological polar surface area (TPSA) is 76.1 Å². The molecule has 0 aliphatic rings. The van der Waals surface area contributed by atoms with E-state index < -0.39 is 15.7 Å². The van der Waals surface area contributed by atoms with Crippen LogP contribution >= 0.6 is 11.3 Å². The SMILES string of the molecule is O=C(CCCS(=O)(=O)c1ccc(F)cc1)Nc1nc(-c2ccc(F)cc2)cs1. The molecule has 0 radical (unpaired) electrons. The predicted octanol–water partition coefficient (Wildman–Crippen LogP) is 4.28. The molecule has 146 valence electrons. The van der Waals surface area contributed by atoms with Gasteiger partial charge in [0.1, 0.15) is 11.6 Å². The van der Waals surface area contributed by atoms with Gasteiger partial charge >= 0.3 is 0 Å². The average Bonchev–Trinajstić information content (AvgIpc) is 3.11. The summed E-state index contributed by atoms with van der Waals surface area (Å²) in [7, 11) is -3.57. The van der Waals surface area contributed by atoms with E-state index in [0.29, 0.717) is 10.8 Å². The second kappa shape index (κ2) is 8.57. The average molecular weight is 422 g/mol. The molecule has 0 spiro atoms. The Labute approximate surface area is 165 Å². The van der Waals surface area contributed by atoms with Crippen molar-refractivity contribution in [2.24, 2.45) is 0 Å². The fraction of sp³-hybridized carbons (Fsp3) is 0.158. The van der Waals surface area contributed by atoms with Gasteiger partial charge in [-0.1, -0.05) is 0 Å². The number of aromatic nitrogens is 1. The number of nitrogens with one attached hydrogen (secondary N) is 1. The third-order valence-corrected chi connectivity index (χ3v) is 6.45. The largest absolute Gasteiger partial charge is 0.302 e. The highest BCUT2D eigenvalue weighted by molar-refractivity contribution is 7.91. The first-order valence-electron chi connectivity index (χ1n) is 8.33. The van der Waals surface area contributed by atoms with Gasteiger partial charge in [-0.3, -0.25) is 4.79 Å². The van der Waals surface area contributed by atoms with Crippen LogP contribution in [0.15, 0.2) is 58.8 Å². The van der Waals surface area contributed by atoms with Gasteiger partial charge in [-0.15, -0.1) is 11.3 Å². The van der Waals surface area contributed by atoms with Gasteiger partial charge in [0.2, 0.25) is 5.91 Å². The molecule has 0 atom stereocenters. The Hall–Kier alpha value is -2.65. The highest BCUT2D eigenvalue weighted by Crippen LogP contribution is 2.25. The number of nitrogens with zero attached hydrogens (tertiary/aromatic N) is 1. The predicted molar refractivity (Wildman–Crippen MR) is 104 cm³/mol. The number of rotatable bonds is 7. The molecule has 5 nitrogen and oxygen atoms in total. The van der Waals surface area contributed by atoms with E-state index in [-0.39, 0.29) is 35.2 Å². The first-order chi connectivity index (χ1) is 13.3. The van der Waals surface area contributed by atoms with Crippen molar-refractivity contribution >= 4 is 32.2 Å². The van der Waals surface area contributed by atoms with Crippen LogP contribution in [0, 0.1) is 11.6 Å². The summed E-state index contributed by atoms with van der Waals surface area (Å²) >= 11 is 1.22. The van der Waals surface area contributed by atoms with Gasteiger partial charge < -0.3 is 5.32 Å². The molecule has 0 bridgehead atoms. The van der Waals surface area contributed by atoms with Crippen molar-refractivity contribution in [2.45, 2.75) is 17.7 Å². The minimum Gasteiger partial charge on any atom is -0.302 e. The molecule has 0 saturated heterocycles. The number of carbonyl (C=O) groups excluding carboxylic acids is 1. The van der Waals surface area contributed by atoms with Crippen molar-refractivity contribution in [3.05, 3.63) is 65.5 Å². The minimum atomic E-state index is -3.57. The molecule has 0 saturated carbocycles. The maximum atomic E-state index is 13.0. The normalized spacial score (nSPS) is 11.4. The second-order valence-corrected chi connectivity index (χ2v) is 8.94. The molecule has 1 N–H and O–H groups in total. The number of sulfone groups is 1. The zero-order chi connectivity index (χ0) is 20.1. The van der Waals surface area contributed by atoms with E-state index in [2.05, 4.69) is 10.3 Å². The second-order valence-electron chi connectivity index (χ2n) is 5.97. The summed E-state index contributed by atoms with van der Waals surface area (Å²) < 4.78 is 50.2. The van der Waals surface area contributed by atoms with E-state index in [4.69, 9.17) is 0 Å². The van der Waals surface area contributed by atoms with Crippen LogP contribution in [0.1, 0.15) is 12.8 Å². The lowest BCUT2D eigenvalue weighted by Crippen LogP contribution is -2.14. The Bertz CT molecular complexity index is 1060. The molecule has 0 fully saturated rings. The quantitative estimate of drug-likeness (QED) is 0.577. The Morgan fingerprint density at radius 1 is 1.00 bits per heavy atom. The van der Waals surface area contributed by atoms with Gasteiger partial charge in [-0.25, -0.2) is 22.2 Å². The third-order valence-electron chi connectivity index (χ3n) is 3.88. The standard InChI is InChI=1S/C19H16F2N2O3S2/c20-14-5-3-13(4-6-14)17-12-27-19(22-17)23-18(24)2-1-11-28(25,26)16-9-7-15(21)8-10-16/h3-10,12H,1-2,11H2,(H,22,23,24). The fourth-order valence-electron chi connectivity index (χ4n) is 2.45. The maximum Gasteiger partial charge on any atom is 0.226 e. The minimum absolute atomic E-state index is 0.00584. The molecular formula is C19H16F2N2O3S2. The summed E-state index contributed by atoms with van der Waals surface area (Å²) in [5, 5.41) is 4.75. The van der Waals surface area contributed by atoms with E-state index in [1.807, 2.05) is 0 Å². The molecule has 2 aromatic carbocycles. The van der Waals surface area contributed by atoms with Crippen LogP contribution < -0.4 is 5.32 Å². The van der Waals surface area contributed by atoms with Crippen molar-refractivity contribution in [3.8, 4) is 11.3 Å². The van der Waals surface area contributed by atoms with Crippen molar-refractivity contribution < 1.29 is 22.0 Å². The maximum absolute atomic E-state index is 13.0. The summed E-state index contributed by atoms with van der Waals surface area (Å²) in [5.74, 6) is -1.43. The van der Waals surface area contributed by atoms with Gasteiger partial charge in [0.15, 0.2) is 15.0 Å². The first-order valence-corrected chi connectivity index (χ1v) is 10.9. The van der Waals surface area contributed by atoms with Crippen LogP contribution in [0.4, 0.5) is 13.9 Å². The van der Waals surface area contributed by atoms with E-state index in [1.165, 1.54) is 35.6 Å². The summed E-state index contributed by atoms with van der Waals surface area (Å²) in [6.07, 6.45) is 0.133. The van der Waals surface area contributed by atoms with Crippen LogP contribution in [-0.4, -0.2) is 25.1 Å². The van der Waals surface area contributed by atoms with Crippen LogP contribution in [-0.2, 0) is 14.6 Å². The van der Waals surface area contributed by atoms with Crippen LogP contribution in [0.5, 0.6) is 0 Å². The Kier molecular flexibility index (Phi) is 6.15. The number of amides is 1. The lowest BCUT2D eigenvalue weighted by Gasteiger charge is -2.05. The summed E-state index contributed by atoms with van der Waals surface area (Å²) in [6.45, 7) is 0. The highest BCUT2D eigenvalue weighted by atomic mass is 32.2. The third kappa shape index (κ3) is 5.20. The number of anilines is 1. The molecule has 28 heavy (non-hydrogen) atoms. The van der Waals surface area contributed by atoms with E-state index in [1.54, 1.807) is 17.5 Å². The van der Waals surface area contributed by atoms with Gasteiger partial charge in [0.05, 0.1) is 16.3 Å². The molecular weight excluding hydrogens is 406 g/mol. The molecule has 3 aromatic rings. The number of hydrogen-bond donors (Lipinski definition) is 1. The molecule has 3 rings (SSSR count). The van der Waals surface area contributed by atoms with Crippen LogP contribution in [0.3, 0.4) is 0 Å². The van der Waals surface area contributed by atoms with Gasteiger partial charge in [0, 0.05) is 17.4 Å². The summed E-state index contributed by atoms with van der Waals surface area (Å²) in [4.78, 5) is 16.3. The van der Waals surface area contributed by atoms with Crippen molar-refractivity contribution in [3.63, 3.8) is 0 Å². The number of halogens is 2.